The normalized spacial score (nSPS) is 17.2. The quantitative estimate of drug-likeness (QED) is 0.520. The van der Waals surface area contributed by atoms with E-state index in [9.17, 15) is 14.4 Å². The molecule has 3 amide bonds. The smallest absolute Gasteiger partial charge is 0.254 e. The molecule has 2 atom stereocenters. The molecule has 0 radical (unpaired) electrons. The zero-order chi connectivity index (χ0) is 19.7. The summed E-state index contributed by atoms with van der Waals surface area (Å²) in [6.07, 6.45) is 1.74. The summed E-state index contributed by atoms with van der Waals surface area (Å²) in [7, 11) is 0. The summed E-state index contributed by atoms with van der Waals surface area (Å²) in [5.41, 5.74) is 0. The summed E-state index contributed by atoms with van der Waals surface area (Å²) in [6, 6.07) is -0.919. The summed E-state index contributed by atoms with van der Waals surface area (Å²) in [6.45, 7) is 12.7. The Kier molecular flexibility index (Phi) is 12.2. The lowest BCUT2D eigenvalue weighted by Crippen LogP contribution is -2.60. The molecule has 9 heteroatoms. The summed E-state index contributed by atoms with van der Waals surface area (Å²) in [5, 5.41) is 9.32. The van der Waals surface area contributed by atoms with Crippen molar-refractivity contribution in [1.82, 2.24) is 25.6 Å². The summed E-state index contributed by atoms with van der Waals surface area (Å²) < 4.78 is 0. The van der Waals surface area contributed by atoms with Gasteiger partial charge in [0, 0.05) is 26.2 Å². The van der Waals surface area contributed by atoms with Gasteiger partial charge in [-0.2, -0.15) is 0 Å². The van der Waals surface area contributed by atoms with Gasteiger partial charge in [0.05, 0.1) is 12.6 Å². The summed E-state index contributed by atoms with van der Waals surface area (Å²) >= 11 is 0. The first-order valence-corrected chi connectivity index (χ1v) is 9.77. The molecule has 27 heavy (non-hydrogen) atoms. The van der Waals surface area contributed by atoms with Crippen LogP contribution in [0.3, 0.4) is 0 Å². The summed E-state index contributed by atoms with van der Waals surface area (Å²) in [4.78, 5) is 39.3. The molecule has 0 aromatic rings. The molecule has 1 saturated heterocycles. The van der Waals surface area contributed by atoms with Gasteiger partial charge in [0.15, 0.2) is 0 Å². The Hall–Kier alpha value is -1.38. The van der Waals surface area contributed by atoms with E-state index in [0.29, 0.717) is 26.2 Å². The monoisotopic (exact) mass is 405 g/mol. The standard InChI is InChI=1S/C18H35N5O3.ClH/c1-6-21(7-2)16(24)13-20-17(25)14(5)23(22(8-3)9-4)18(26)15-11-10-12-19-15;/h14-15,19H,6-13H2,1-5H3,(H,20,25);1H/t14-,15-;/m0./s1. The number of likely N-dealkylation sites (N-methyl/N-ethyl adjacent to an activating group) is 1. The van der Waals surface area contributed by atoms with Gasteiger partial charge in [0.2, 0.25) is 11.8 Å². The largest absolute Gasteiger partial charge is 0.345 e. The zero-order valence-corrected chi connectivity index (χ0v) is 18.1. The number of hydrogen-bond donors (Lipinski definition) is 2. The first-order valence-electron chi connectivity index (χ1n) is 9.77. The van der Waals surface area contributed by atoms with Crippen molar-refractivity contribution in [3.63, 3.8) is 0 Å². The Balaban J connectivity index is 0.00000676. The minimum atomic E-state index is -0.672. The van der Waals surface area contributed by atoms with Gasteiger partial charge in [-0.1, -0.05) is 13.8 Å². The summed E-state index contributed by atoms with van der Waals surface area (Å²) in [5.74, 6) is -0.513. The topological polar surface area (TPSA) is 85.0 Å². The van der Waals surface area contributed by atoms with E-state index in [1.165, 1.54) is 0 Å². The van der Waals surface area contributed by atoms with Gasteiger partial charge < -0.3 is 15.5 Å². The lowest BCUT2D eigenvalue weighted by molar-refractivity contribution is -0.161. The van der Waals surface area contributed by atoms with Crippen molar-refractivity contribution < 1.29 is 14.4 Å². The second-order valence-electron chi connectivity index (χ2n) is 6.43. The highest BCUT2D eigenvalue weighted by Gasteiger charge is 2.35. The third kappa shape index (κ3) is 6.93. The van der Waals surface area contributed by atoms with Crippen molar-refractivity contribution in [2.75, 3.05) is 39.3 Å². The van der Waals surface area contributed by atoms with Crippen LogP contribution >= 0.6 is 12.4 Å². The van der Waals surface area contributed by atoms with Crippen molar-refractivity contribution >= 4 is 30.1 Å². The second kappa shape index (κ2) is 12.9. The molecular formula is C18H36ClN5O3. The fourth-order valence-corrected chi connectivity index (χ4v) is 3.27. The van der Waals surface area contributed by atoms with Crippen molar-refractivity contribution in [2.45, 2.75) is 59.5 Å². The average molecular weight is 406 g/mol. The van der Waals surface area contributed by atoms with Crippen molar-refractivity contribution in [3.8, 4) is 0 Å². The highest BCUT2D eigenvalue weighted by Crippen LogP contribution is 2.14. The van der Waals surface area contributed by atoms with Gasteiger partial charge in [-0.3, -0.25) is 19.4 Å². The third-order valence-corrected chi connectivity index (χ3v) is 4.90. The number of halogens is 1. The molecule has 0 aliphatic carbocycles. The van der Waals surface area contributed by atoms with Crippen LogP contribution in [-0.2, 0) is 14.4 Å². The highest BCUT2D eigenvalue weighted by molar-refractivity contribution is 5.91. The van der Waals surface area contributed by atoms with Crippen LogP contribution in [0.25, 0.3) is 0 Å². The van der Waals surface area contributed by atoms with Crippen LogP contribution in [0, 0.1) is 0 Å². The van der Waals surface area contributed by atoms with Gasteiger partial charge in [-0.15, -0.1) is 12.4 Å². The van der Waals surface area contributed by atoms with Gasteiger partial charge in [0.1, 0.15) is 6.04 Å². The molecule has 8 nitrogen and oxygen atoms in total. The van der Waals surface area contributed by atoms with E-state index in [4.69, 9.17) is 0 Å². The van der Waals surface area contributed by atoms with Gasteiger partial charge >= 0.3 is 0 Å². The van der Waals surface area contributed by atoms with Gasteiger partial charge in [-0.05, 0) is 40.2 Å². The maximum atomic E-state index is 13.0. The number of amides is 3. The van der Waals surface area contributed by atoms with Gasteiger partial charge in [0.25, 0.3) is 5.91 Å². The van der Waals surface area contributed by atoms with E-state index < -0.39 is 6.04 Å². The Bertz CT molecular complexity index is 478. The fraction of sp³-hybridized carbons (Fsp3) is 0.833. The molecular weight excluding hydrogens is 370 g/mol. The maximum Gasteiger partial charge on any atom is 0.254 e. The number of nitrogens with zero attached hydrogens (tertiary/aromatic N) is 3. The number of rotatable bonds is 10. The molecule has 0 bridgehead atoms. The van der Waals surface area contributed by atoms with Crippen LogP contribution in [0.5, 0.6) is 0 Å². The SMILES string of the molecule is CCN(CC)C(=O)CNC(=O)[C@H](C)N(C(=O)[C@@H]1CCCN1)N(CC)CC.Cl. The molecule has 158 valence electrons. The average Bonchev–Trinajstić information content (AvgIpc) is 3.18. The van der Waals surface area contributed by atoms with E-state index in [2.05, 4.69) is 10.6 Å². The molecule has 2 N–H and O–H groups in total. The predicted octanol–water partition coefficient (Wildman–Crippen LogP) is 0.619. The number of carbonyl (C=O) groups excluding carboxylic acids is 3. The maximum absolute atomic E-state index is 13.0. The molecule has 1 aliphatic rings. The van der Waals surface area contributed by atoms with Crippen LogP contribution in [0.2, 0.25) is 0 Å². The second-order valence-corrected chi connectivity index (χ2v) is 6.43. The molecule has 1 heterocycles. The number of hydrazine groups is 1. The highest BCUT2D eigenvalue weighted by atomic mass is 35.5. The van der Waals surface area contributed by atoms with Crippen LogP contribution in [0.1, 0.15) is 47.5 Å². The molecule has 1 aliphatic heterocycles. The molecule has 0 saturated carbocycles. The first-order chi connectivity index (χ1) is 12.4. The Morgan fingerprint density at radius 3 is 2.11 bits per heavy atom. The number of hydrogen-bond acceptors (Lipinski definition) is 5. The Morgan fingerprint density at radius 2 is 1.67 bits per heavy atom. The lowest BCUT2D eigenvalue weighted by Gasteiger charge is -2.38. The number of carbonyl (C=O) groups is 3. The Morgan fingerprint density at radius 1 is 1.07 bits per heavy atom. The molecule has 0 unspecified atom stereocenters. The van der Waals surface area contributed by atoms with E-state index in [-0.39, 0.29) is 42.7 Å². The minimum Gasteiger partial charge on any atom is -0.345 e. The van der Waals surface area contributed by atoms with Crippen molar-refractivity contribution in [3.05, 3.63) is 0 Å². The van der Waals surface area contributed by atoms with E-state index in [1.807, 2.05) is 32.7 Å². The van der Waals surface area contributed by atoms with Crippen molar-refractivity contribution in [2.24, 2.45) is 0 Å². The predicted molar refractivity (Wildman–Crippen MR) is 108 cm³/mol. The lowest BCUT2D eigenvalue weighted by atomic mass is 10.2. The third-order valence-electron chi connectivity index (χ3n) is 4.90. The van der Waals surface area contributed by atoms with E-state index >= 15 is 0 Å². The van der Waals surface area contributed by atoms with Crippen LogP contribution in [0.4, 0.5) is 0 Å². The molecule has 0 aromatic heterocycles. The van der Waals surface area contributed by atoms with Crippen LogP contribution in [0.15, 0.2) is 0 Å². The molecule has 0 aromatic carbocycles. The van der Waals surface area contributed by atoms with Crippen molar-refractivity contribution in [1.29, 1.82) is 0 Å². The molecule has 0 spiro atoms. The van der Waals surface area contributed by atoms with E-state index in [0.717, 1.165) is 19.4 Å². The zero-order valence-electron chi connectivity index (χ0n) is 17.3. The number of nitrogens with one attached hydrogen (secondary N) is 2. The van der Waals surface area contributed by atoms with Crippen LogP contribution in [-0.4, -0.2) is 84.0 Å². The molecule has 1 fully saturated rings. The molecule has 1 rings (SSSR count). The fourth-order valence-electron chi connectivity index (χ4n) is 3.27. The van der Waals surface area contributed by atoms with E-state index in [1.54, 1.807) is 16.8 Å². The Labute approximate surface area is 169 Å². The first kappa shape index (κ1) is 25.6. The van der Waals surface area contributed by atoms with Gasteiger partial charge in [-0.25, -0.2) is 5.01 Å². The minimum absolute atomic E-state index is 0. The van der Waals surface area contributed by atoms with Crippen LogP contribution < -0.4 is 10.6 Å².